The summed E-state index contributed by atoms with van der Waals surface area (Å²) in [6.45, 7) is 0. The van der Waals surface area contributed by atoms with Crippen molar-refractivity contribution < 1.29 is 4.79 Å². The van der Waals surface area contributed by atoms with Crippen LogP contribution in [0.3, 0.4) is 0 Å². The van der Waals surface area contributed by atoms with Crippen LogP contribution in [-0.4, -0.2) is 5.91 Å². The van der Waals surface area contributed by atoms with E-state index in [0.717, 1.165) is 11.3 Å². The number of allylic oxidation sites excluding steroid dienone is 2. The van der Waals surface area contributed by atoms with Gasteiger partial charge in [0, 0.05) is 17.5 Å². The van der Waals surface area contributed by atoms with Crippen LogP contribution < -0.4 is 11.1 Å². The number of hydrogen-bond donors (Lipinski definition) is 2. The zero-order valence-electron chi connectivity index (χ0n) is 7.53. The molecule has 0 bridgehead atoms. The molecule has 0 atom stereocenters. The number of carbonyl (C=O) groups excluding carboxylic acids is 1. The van der Waals surface area contributed by atoms with Gasteiger partial charge in [-0.3, -0.25) is 4.79 Å². The number of hydrogen-bond acceptors (Lipinski definition) is 2. The minimum absolute atomic E-state index is 0.404. The van der Waals surface area contributed by atoms with E-state index in [9.17, 15) is 4.79 Å². The highest BCUT2D eigenvalue weighted by Gasteiger charge is 2.04. The van der Waals surface area contributed by atoms with Crippen LogP contribution in [0.25, 0.3) is 6.08 Å². The molecular formula is C11H10N2O. The number of primary amides is 1. The van der Waals surface area contributed by atoms with Crippen LogP contribution in [0.4, 0.5) is 5.69 Å². The Bertz CT molecular complexity index is 433. The maximum absolute atomic E-state index is 10.9. The van der Waals surface area contributed by atoms with Crippen molar-refractivity contribution in [1.82, 2.24) is 0 Å². The van der Waals surface area contributed by atoms with Gasteiger partial charge in [-0.15, -0.1) is 0 Å². The fourth-order valence-corrected chi connectivity index (χ4v) is 1.34. The predicted octanol–water partition coefficient (Wildman–Crippen LogP) is 1.74. The second kappa shape index (κ2) is 3.38. The molecule has 1 amide bonds. The van der Waals surface area contributed by atoms with Crippen LogP contribution in [0.1, 0.15) is 15.9 Å². The number of carbonyl (C=O) groups is 1. The van der Waals surface area contributed by atoms with Gasteiger partial charge in [0.15, 0.2) is 0 Å². The third-order valence-electron chi connectivity index (χ3n) is 2.06. The van der Waals surface area contributed by atoms with Crippen molar-refractivity contribution in [2.24, 2.45) is 5.73 Å². The van der Waals surface area contributed by atoms with Crippen molar-refractivity contribution in [2.75, 3.05) is 5.32 Å². The number of anilines is 1. The Balaban J connectivity index is 2.49. The molecule has 1 aromatic rings. The lowest BCUT2D eigenvalue weighted by Gasteiger charge is -2.05. The van der Waals surface area contributed by atoms with Crippen molar-refractivity contribution in [3.63, 3.8) is 0 Å². The maximum atomic E-state index is 10.9. The number of nitrogens with two attached hydrogens (primary N) is 1. The largest absolute Gasteiger partial charge is 0.366 e. The van der Waals surface area contributed by atoms with Crippen molar-refractivity contribution in [3.05, 3.63) is 47.7 Å². The summed E-state index contributed by atoms with van der Waals surface area (Å²) in [7, 11) is 0. The molecule has 0 saturated carbocycles. The molecule has 2 rings (SSSR count). The molecule has 1 aromatic carbocycles. The molecule has 0 aromatic heterocycles. The summed E-state index contributed by atoms with van der Waals surface area (Å²) < 4.78 is 0. The molecule has 3 heteroatoms. The lowest BCUT2D eigenvalue weighted by molar-refractivity contribution is 0.100. The molecule has 70 valence electrons. The normalized spacial score (nSPS) is 12.9. The molecule has 1 aliphatic rings. The minimum Gasteiger partial charge on any atom is -0.366 e. The first-order chi connectivity index (χ1) is 6.77. The third-order valence-corrected chi connectivity index (χ3v) is 2.06. The summed E-state index contributed by atoms with van der Waals surface area (Å²) in [6, 6.07) is 5.32. The monoisotopic (exact) mass is 186 g/mol. The number of nitrogens with one attached hydrogen (secondary N) is 1. The van der Waals surface area contributed by atoms with Crippen LogP contribution >= 0.6 is 0 Å². The van der Waals surface area contributed by atoms with E-state index in [1.165, 1.54) is 0 Å². The number of amides is 1. The molecule has 1 aliphatic heterocycles. The molecule has 0 spiro atoms. The molecule has 0 aliphatic carbocycles. The van der Waals surface area contributed by atoms with Crippen LogP contribution in [-0.2, 0) is 0 Å². The third kappa shape index (κ3) is 1.52. The molecule has 1 heterocycles. The van der Waals surface area contributed by atoms with Gasteiger partial charge in [0.2, 0.25) is 5.91 Å². The van der Waals surface area contributed by atoms with Crippen molar-refractivity contribution >= 4 is 17.7 Å². The first-order valence-corrected chi connectivity index (χ1v) is 4.31. The Morgan fingerprint density at radius 1 is 1.29 bits per heavy atom. The Morgan fingerprint density at radius 2 is 2.14 bits per heavy atom. The zero-order valence-corrected chi connectivity index (χ0v) is 7.53. The molecule has 3 nitrogen and oxygen atoms in total. The Kier molecular flexibility index (Phi) is 2.07. The van der Waals surface area contributed by atoms with Crippen molar-refractivity contribution in [3.8, 4) is 0 Å². The molecule has 14 heavy (non-hydrogen) atoms. The van der Waals surface area contributed by atoms with E-state index >= 15 is 0 Å². The fraction of sp³-hybridized carbons (Fsp3) is 0. The Hall–Kier alpha value is -2.03. The van der Waals surface area contributed by atoms with Crippen LogP contribution in [0, 0.1) is 0 Å². The van der Waals surface area contributed by atoms with Gasteiger partial charge >= 0.3 is 0 Å². The summed E-state index contributed by atoms with van der Waals surface area (Å²) in [6.07, 6.45) is 7.57. The van der Waals surface area contributed by atoms with E-state index < -0.39 is 5.91 Å². The predicted molar refractivity (Wildman–Crippen MR) is 56.8 cm³/mol. The molecule has 0 unspecified atom stereocenters. The van der Waals surface area contributed by atoms with Gasteiger partial charge < -0.3 is 11.1 Å². The first kappa shape index (κ1) is 8.56. The van der Waals surface area contributed by atoms with Gasteiger partial charge in [-0.1, -0.05) is 12.2 Å². The Morgan fingerprint density at radius 3 is 2.93 bits per heavy atom. The second-order valence-corrected chi connectivity index (χ2v) is 3.03. The summed E-state index contributed by atoms with van der Waals surface area (Å²) in [5.41, 5.74) is 7.65. The Labute approximate surface area is 81.9 Å². The van der Waals surface area contributed by atoms with E-state index in [-0.39, 0.29) is 0 Å². The lowest BCUT2D eigenvalue weighted by Crippen LogP contribution is -2.11. The first-order valence-electron chi connectivity index (χ1n) is 4.31. The van der Waals surface area contributed by atoms with Crippen LogP contribution in [0.2, 0.25) is 0 Å². The SMILES string of the molecule is NC(=O)c1ccc2c(c1)C=CC=CN2. The van der Waals surface area contributed by atoms with Gasteiger partial charge in [-0.05, 0) is 29.8 Å². The van der Waals surface area contributed by atoms with Crippen LogP contribution in [0.15, 0.2) is 36.6 Å². The van der Waals surface area contributed by atoms with Gasteiger partial charge in [0.05, 0.1) is 0 Å². The second-order valence-electron chi connectivity index (χ2n) is 3.03. The van der Waals surface area contributed by atoms with E-state index in [4.69, 9.17) is 5.73 Å². The topological polar surface area (TPSA) is 55.1 Å². The van der Waals surface area contributed by atoms with Gasteiger partial charge in [-0.25, -0.2) is 0 Å². The molecule has 0 radical (unpaired) electrons. The quantitative estimate of drug-likeness (QED) is 0.701. The summed E-state index contributed by atoms with van der Waals surface area (Å²) in [5, 5.41) is 3.10. The van der Waals surface area contributed by atoms with E-state index in [2.05, 4.69) is 5.32 Å². The van der Waals surface area contributed by atoms with E-state index in [1.807, 2.05) is 30.5 Å². The van der Waals surface area contributed by atoms with Crippen LogP contribution in [0.5, 0.6) is 0 Å². The van der Waals surface area contributed by atoms with Gasteiger partial charge in [0.1, 0.15) is 0 Å². The smallest absolute Gasteiger partial charge is 0.248 e. The summed E-state index contributed by atoms with van der Waals surface area (Å²) >= 11 is 0. The molecule has 0 saturated heterocycles. The van der Waals surface area contributed by atoms with Crippen molar-refractivity contribution in [1.29, 1.82) is 0 Å². The number of fused-ring (bicyclic) bond motifs is 1. The number of benzene rings is 1. The molecule has 3 N–H and O–H groups in total. The summed E-state index contributed by atoms with van der Waals surface area (Å²) in [4.78, 5) is 10.9. The van der Waals surface area contributed by atoms with Crippen molar-refractivity contribution in [2.45, 2.75) is 0 Å². The fourth-order valence-electron chi connectivity index (χ4n) is 1.34. The maximum Gasteiger partial charge on any atom is 0.248 e. The number of rotatable bonds is 1. The van der Waals surface area contributed by atoms with E-state index in [1.54, 1.807) is 12.1 Å². The highest BCUT2D eigenvalue weighted by Crippen LogP contribution is 2.20. The van der Waals surface area contributed by atoms with Gasteiger partial charge in [0.25, 0.3) is 0 Å². The molecular weight excluding hydrogens is 176 g/mol. The standard InChI is InChI=1S/C11H10N2O/c12-11(14)9-4-5-10-8(7-9)3-1-2-6-13-10/h1-7,13H,(H2,12,14). The zero-order chi connectivity index (χ0) is 9.97. The highest BCUT2D eigenvalue weighted by atomic mass is 16.1. The summed E-state index contributed by atoms with van der Waals surface area (Å²) in [5.74, 6) is -0.404. The minimum atomic E-state index is -0.404. The average Bonchev–Trinajstić information content (AvgIpc) is 2.41. The molecule has 0 fully saturated rings. The van der Waals surface area contributed by atoms with E-state index in [0.29, 0.717) is 5.56 Å². The lowest BCUT2D eigenvalue weighted by atomic mass is 10.1. The van der Waals surface area contributed by atoms with Gasteiger partial charge in [-0.2, -0.15) is 0 Å². The highest BCUT2D eigenvalue weighted by molar-refractivity contribution is 5.94. The average molecular weight is 186 g/mol.